The van der Waals surface area contributed by atoms with Gasteiger partial charge in [0.2, 0.25) is 0 Å². The number of imide groups is 1. The Labute approximate surface area is 121 Å². The Morgan fingerprint density at radius 2 is 2.00 bits per heavy atom. The van der Waals surface area contributed by atoms with Crippen molar-refractivity contribution in [3.63, 3.8) is 0 Å². The van der Waals surface area contributed by atoms with Gasteiger partial charge in [0.15, 0.2) is 0 Å². The van der Waals surface area contributed by atoms with Crippen LogP contribution in [0.5, 0.6) is 0 Å². The second kappa shape index (κ2) is 4.46. The quantitative estimate of drug-likeness (QED) is 0.804. The topological polar surface area (TPSA) is 60.9 Å². The van der Waals surface area contributed by atoms with E-state index in [0.717, 1.165) is 10.5 Å². The van der Waals surface area contributed by atoms with Crippen molar-refractivity contribution < 1.29 is 14.7 Å². The van der Waals surface area contributed by atoms with Gasteiger partial charge >= 0.3 is 6.03 Å². The van der Waals surface area contributed by atoms with Crippen LogP contribution < -0.4 is 4.90 Å². The summed E-state index contributed by atoms with van der Waals surface area (Å²) < 4.78 is 0. The first-order chi connectivity index (χ1) is 9.43. The van der Waals surface area contributed by atoms with Gasteiger partial charge in [-0.3, -0.25) is 4.79 Å². The van der Waals surface area contributed by atoms with Crippen LogP contribution in [0.1, 0.15) is 17.5 Å². The molecule has 1 N–H and O–H groups in total. The number of aliphatic hydroxyl groups excluding tert-OH is 1. The van der Waals surface area contributed by atoms with E-state index in [9.17, 15) is 14.7 Å². The van der Waals surface area contributed by atoms with E-state index < -0.39 is 12.1 Å². The molecular formula is C14H15ClN2O3. The Bertz CT molecular complexity index is 617. The minimum atomic E-state index is -0.780. The van der Waals surface area contributed by atoms with E-state index in [0.29, 0.717) is 29.2 Å². The number of amides is 3. The number of carbonyl (C=O) groups excluding carboxylic acids is 2. The third kappa shape index (κ3) is 1.66. The van der Waals surface area contributed by atoms with E-state index in [-0.39, 0.29) is 11.9 Å². The minimum absolute atomic E-state index is 0.372. The van der Waals surface area contributed by atoms with Crippen molar-refractivity contribution in [2.45, 2.75) is 32.4 Å². The largest absolute Gasteiger partial charge is 0.390 e. The highest BCUT2D eigenvalue weighted by atomic mass is 35.5. The Hall–Kier alpha value is -1.59. The summed E-state index contributed by atoms with van der Waals surface area (Å²) in [6.07, 6.45) is -0.332. The molecule has 3 amide bonds. The van der Waals surface area contributed by atoms with Crippen LogP contribution in [-0.2, 0) is 4.79 Å². The maximum atomic E-state index is 12.4. The first-order valence-electron chi connectivity index (χ1n) is 6.52. The van der Waals surface area contributed by atoms with E-state index >= 15 is 0 Å². The maximum absolute atomic E-state index is 12.4. The van der Waals surface area contributed by atoms with Crippen LogP contribution in [0.15, 0.2) is 12.1 Å². The monoisotopic (exact) mass is 294 g/mol. The number of fused-ring (bicyclic) bond motifs is 1. The molecule has 5 nitrogen and oxygen atoms in total. The van der Waals surface area contributed by atoms with Gasteiger partial charge in [0.05, 0.1) is 11.8 Å². The summed E-state index contributed by atoms with van der Waals surface area (Å²) in [5.41, 5.74) is 2.09. The lowest BCUT2D eigenvalue weighted by molar-refractivity contribution is -0.121. The summed E-state index contributed by atoms with van der Waals surface area (Å²) in [5.74, 6) is -0.372. The molecule has 3 rings (SSSR count). The number of hydrogen-bond acceptors (Lipinski definition) is 3. The number of aryl methyl sites for hydroxylation is 1. The predicted octanol–water partition coefficient (Wildman–Crippen LogP) is 1.86. The summed E-state index contributed by atoms with van der Waals surface area (Å²) in [6.45, 7) is 4.06. The molecule has 20 heavy (non-hydrogen) atoms. The molecule has 0 unspecified atom stereocenters. The van der Waals surface area contributed by atoms with Gasteiger partial charge in [-0.2, -0.15) is 0 Å². The Kier molecular flexibility index (Phi) is 2.99. The molecule has 2 heterocycles. The van der Waals surface area contributed by atoms with Gasteiger partial charge in [0, 0.05) is 11.6 Å². The third-order valence-electron chi connectivity index (χ3n) is 4.07. The summed E-state index contributed by atoms with van der Waals surface area (Å²) >= 11 is 6.19. The summed E-state index contributed by atoms with van der Waals surface area (Å²) in [4.78, 5) is 27.3. The zero-order valence-corrected chi connectivity index (χ0v) is 12.0. The number of anilines is 1. The van der Waals surface area contributed by atoms with Crippen LogP contribution in [-0.4, -0.2) is 40.6 Å². The number of aliphatic hydroxyl groups is 1. The van der Waals surface area contributed by atoms with E-state index in [4.69, 9.17) is 11.6 Å². The lowest BCUT2D eigenvalue weighted by Gasteiger charge is -2.19. The van der Waals surface area contributed by atoms with Gasteiger partial charge in [-0.15, -0.1) is 0 Å². The molecule has 2 saturated heterocycles. The third-order valence-corrected chi connectivity index (χ3v) is 4.65. The molecule has 1 aromatic carbocycles. The standard InChI is InChI=1S/C14H15ClN2O3/c1-7-3-4-9(8(2)11(7)15)17-13(19)12-10(18)5-6-16(12)14(17)20/h3-4,10,12,18H,5-6H2,1-2H3/t10-,12+/m1/s1. The first-order valence-corrected chi connectivity index (χ1v) is 6.89. The second-order valence-corrected chi connectivity index (χ2v) is 5.67. The lowest BCUT2D eigenvalue weighted by atomic mass is 10.1. The zero-order chi connectivity index (χ0) is 14.6. The van der Waals surface area contributed by atoms with E-state index in [1.807, 2.05) is 6.92 Å². The number of carbonyl (C=O) groups is 2. The number of benzene rings is 1. The Balaban J connectivity index is 2.06. The highest BCUT2D eigenvalue weighted by molar-refractivity contribution is 6.33. The van der Waals surface area contributed by atoms with Crippen LogP contribution in [0.2, 0.25) is 5.02 Å². The molecule has 1 aromatic rings. The molecule has 2 atom stereocenters. The predicted molar refractivity (Wildman–Crippen MR) is 74.9 cm³/mol. The molecular weight excluding hydrogens is 280 g/mol. The zero-order valence-electron chi connectivity index (χ0n) is 11.3. The van der Waals surface area contributed by atoms with Crippen molar-refractivity contribution in [3.8, 4) is 0 Å². The van der Waals surface area contributed by atoms with Crippen LogP contribution in [0.3, 0.4) is 0 Å². The van der Waals surface area contributed by atoms with E-state index in [1.165, 1.54) is 4.90 Å². The Morgan fingerprint density at radius 3 is 2.65 bits per heavy atom. The first kappa shape index (κ1) is 13.4. The van der Waals surface area contributed by atoms with Gasteiger partial charge in [-0.1, -0.05) is 17.7 Å². The molecule has 0 aromatic heterocycles. The average molecular weight is 295 g/mol. The van der Waals surface area contributed by atoms with Crippen LogP contribution >= 0.6 is 11.6 Å². The molecule has 106 valence electrons. The smallest absolute Gasteiger partial charge is 0.332 e. The fourth-order valence-electron chi connectivity index (χ4n) is 2.92. The summed E-state index contributed by atoms with van der Waals surface area (Å²) in [7, 11) is 0. The molecule has 2 fully saturated rings. The van der Waals surface area contributed by atoms with Crippen molar-refractivity contribution in [1.29, 1.82) is 0 Å². The van der Waals surface area contributed by atoms with Crippen LogP contribution in [0, 0.1) is 13.8 Å². The van der Waals surface area contributed by atoms with Crippen LogP contribution in [0.25, 0.3) is 0 Å². The maximum Gasteiger partial charge on any atom is 0.332 e. The Morgan fingerprint density at radius 1 is 1.30 bits per heavy atom. The number of halogens is 1. The molecule has 2 aliphatic rings. The number of hydrogen-bond donors (Lipinski definition) is 1. The highest BCUT2D eigenvalue weighted by Crippen LogP contribution is 2.36. The van der Waals surface area contributed by atoms with Gasteiger partial charge in [0.25, 0.3) is 5.91 Å². The minimum Gasteiger partial charge on any atom is -0.390 e. The van der Waals surface area contributed by atoms with Crippen molar-refractivity contribution in [2.75, 3.05) is 11.4 Å². The number of urea groups is 1. The van der Waals surface area contributed by atoms with Crippen molar-refractivity contribution >= 4 is 29.2 Å². The molecule has 0 radical (unpaired) electrons. The lowest BCUT2D eigenvalue weighted by Crippen LogP contribution is -2.36. The molecule has 6 heteroatoms. The fraction of sp³-hybridized carbons (Fsp3) is 0.429. The van der Waals surface area contributed by atoms with Crippen molar-refractivity contribution in [1.82, 2.24) is 4.90 Å². The molecule has 0 bridgehead atoms. The van der Waals surface area contributed by atoms with E-state index in [2.05, 4.69) is 0 Å². The summed E-state index contributed by atoms with van der Waals surface area (Å²) in [6, 6.07) is 2.38. The van der Waals surface area contributed by atoms with Gasteiger partial charge < -0.3 is 10.0 Å². The van der Waals surface area contributed by atoms with Crippen molar-refractivity contribution in [2.24, 2.45) is 0 Å². The van der Waals surface area contributed by atoms with Crippen molar-refractivity contribution in [3.05, 3.63) is 28.3 Å². The normalized spacial score (nSPS) is 25.6. The summed E-state index contributed by atoms with van der Waals surface area (Å²) in [5, 5.41) is 10.4. The molecule has 0 saturated carbocycles. The average Bonchev–Trinajstić information content (AvgIpc) is 2.90. The van der Waals surface area contributed by atoms with Crippen LogP contribution in [0.4, 0.5) is 10.5 Å². The van der Waals surface area contributed by atoms with E-state index in [1.54, 1.807) is 19.1 Å². The number of rotatable bonds is 1. The SMILES string of the molecule is Cc1ccc(N2C(=O)[C@@H]3[C@H](O)CCN3C2=O)c(C)c1Cl. The number of nitrogens with zero attached hydrogens (tertiary/aromatic N) is 2. The van der Waals surface area contributed by atoms with Gasteiger partial charge in [-0.05, 0) is 37.5 Å². The van der Waals surface area contributed by atoms with Gasteiger partial charge in [-0.25, -0.2) is 9.69 Å². The van der Waals surface area contributed by atoms with Gasteiger partial charge in [0.1, 0.15) is 6.04 Å². The highest BCUT2D eigenvalue weighted by Gasteiger charge is 2.52. The fourth-order valence-corrected chi connectivity index (χ4v) is 3.08. The second-order valence-electron chi connectivity index (χ2n) is 5.29. The molecule has 0 aliphatic carbocycles. The molecule has 2 aliphatic heterocycles. The molecule has 0 spiro atoms.